The number of aliphatic hydroxyl groups is 1. The molecule has 1 rings (SSSR count). The van der Waals surface area contributed by atoms with Crippen molar-refractivity contribution in [3.8, 4) is 0 Å². The molecule has 1 radical (unpaired) electrons. The predicted octanol–water partition coefficient (Wildman–Crippen LogP) is 2.76. The summed E-state index contributed by atoms with van der Waals surface area (Å²) in [6.45, 7) is 11.8. The standard InChI is InChI=1S/C14H24BO2S/c1-10(2)9-11-7-8-12(18-11)15-17-14(5,6)13(3,4)16/h7-8,10,16H,9H2,1-6H3. The van der Waals surface area contributed by atoms with Gasteiger partial charge in [-0.05, 0) is 50.9 Å². The van der Waals surface area contributed by atoms with E-state index in [-0.39, 0.29) is 0 Å². The monoisotopic (exact) mass is 267 g/mol. The third-order valence-corrected chi connectivity index (χ3v) is 4.27. The number of thiophene rings is 1. The largest absolute Gasteiger partial charge is 0.426 e. The molecule has 0 saturated carbocycles. The van der Waals surface area contributed by atoms with Crippen LogP contribution in [-0.4, -0.2) is 23.8 Å². The molecular formula is C14H24BO2S. The van der Waals surface area contributed by atoms with Crippen molar-refractivity contribution >= 4 is 23.6 Å². The van der Waals surface area contributed by atoms with Crippen LogP contribution in [0.2, 0.25) is 0 Å². The lowest BCUT2D eigenvalue weighted by atomic mass is 9.86. The van der Waals surface area contributed by atoms with E-state index < -0.39 is 11.2 Å². The first kappa shape index (κ1) is 15.7. The average Bonchev–Trinajstić information content (AvgIpc) is 2.60. The summed E-state index contributed by atoms with van der Waals surface area (Å²) in [6.07, 6.45) is 1.10. The fraction of sp³-hybridized carbons (Fsp3) is 0.714. The quantitative estimate of drug-likeness (QED) is 0.803. The van der Waals surface area contributed by atoms with Gasteiger partial charge in [-0.3, -0.25) is 0 Å². The van der Waals surface area contributed by atoms with Gasteiger partial charge in [-0.2, -0.15) is 11.3 Å². The molecule has 101 valence electrons. The Morgan fingerprint density at radius 1 is 1.28 bits per heavy atom. The van der Waals surface area contributed by atoms with Crippen molar-refractivity contribution in [1.82, 2.24) is 0 Å². The van der Waals surface area contributed by atoms with Crippen molar-refractivity contribution in [3.63, 3.8) is 0 Å². The first-order valence-electron chi connectivity index (χ1n) is 6.44. The second kappa shape index (κ2) is 5.76. The summed E-state index contributed by atoms with van der Waals surface area (Å²) in [5, 5.41) is 10.0. The molecule has 0 atom stereocenters. The minimum Gasteiger partial charge on any atom is -0.426 e. The van der Waals surface area contributed by atoms with E-state index in [0.29, 0.717) is 5.92 Å². The Morgan fingerprint density at radius 2 is 1.89 bits per heavy atom. The Morgan fingerprint density at radius 3 is 2.39 bits per heavy atom. The van der Waals surface area contributed by atoms with Gasteiger partial charge in [0.05, 0.1) is 11.2 Å². The molecule has 0 aliphatic carbocycles. The molecule has 0 amide bonds. The van der Waals surface area contributed by atoms with Gasteiger partial charge in [-0.15, -0.1) is 0 Å². The van der Waals surface area contributed by atoms with E-state index in [1.165, 1.54) is 4.88 Å². The second-order valence-corrected chi connectivity index (χ2v) is 7.41. The molecule has 1 aromatic rings. The van der Waals surface area contributed by atoms with Crippen molar-refractivity contribution in [2.45, 2.75) is 59.2 Å². The van der Waals surface area contributed by atoms with E-state index in [1.54, 1.807) is 32.7 Å². The zero-order chi connectivity index (χ0) is 14.0. The Labute approximate surface area is 116 Å². The Bertz CT molecular complexity index is 377. The summed E-state index contributed by atoms with van der Waals surface area (Å²) in [5.74, 6) is 0.672. The molecule has 1 aromatic heterocycles. The maximum Gasteiger partial charge on any atom is 0.341 e. The van der Waals surface area contributed by atoms with Crippen molar-refractivity contribution in [1.29, 1.82) is 0 Å². The van der Waals surface area contributed by atoms with Crippen molar-refractivity contribution in [3.05, 3.63) is 17.0 Å². The zero-order valence-electron chi connectivity index (χ0n) is 12.3. The second-order valence-electron chi connectivity index (χ2n) is 6.21. The summed E-state index contributed by atoms with van der Waals surface area (Å²) in [7, 11) is 1.76. The highest BCUT2D eigenvalue weighted by Crippen LogP contribution is 2.24. The van der Waals surface area contributed by atoms with Crippen LogP contribution in [0.4, 0.5) is 0 Å². The molecule has 0 fully saturated rings. The molecule has 0 saturated heterocycles. The van der Waals surface area contributed by atoms with Crippen LogP contribution in [0.1, 0.15) is 46.4 Å². The van der Waals surface area contributed by atoms with Crippen LogP contribution in [0.5, 0.6) is 0 Å². The van der Waals surface area contributed by atoms with Gasteiger partial charge in [0, 0.05) is 4.88 Å². The van der Waals surface area contributed by atoms with Gasteiger partial charge in [-0.1, -0.05) is 19.9 Å². The molecule has 0 aliphatic heterocycles. The van der Waals surface area contributed by atoms with Crippen molar-refractivity contribution in [2.75, 3.05) is 0 Å². The smallest absolute Gasteiger partial charge is 0.341 e. The molecule has 4 heteroatoms. The van der Waals surface area contributed by atoms with Gasteiger partial charge in [-0.25, -0.2) is 0 Å². The van der Waals surface area contributed by atoms with E-state index in [9.17, 15) is 5.11 Å². The number of hydrogen-bond acceptors (Lipinski definition) is 3. The molecule has 1 heterocycles. The van der Waals surface area contributed by atoms with Gasteiger partial charge in [0.25, 0.3) is 0 Å². The fourth-order valence-corrected chi connectivity index (χ4v) is 2.41. The Hall–Kier alpha value is -0.315. The van der Waals surface area contributed by atoms with Crippen LogP contribution in [-0.2, 0) is 11.1 Å². The third kappa shape index (κ3) is 4.41. The minimum absolute atomic E-state index is 0.602. The molecule has 0 aliphatic rings. The van der Waals surface area contributed by atoms with Gasteiger partial charge >= 0.3 is 7.48 Å². The molecule has 0 unspecified atom stereocenters. The van der Waals surface area contributed by atoms with Crippen LogP contribution in [0.15, 0.2) is 12.1 Å². The van der Waals surface area contributed by atoms with E-state index in [4.69, 9.17) is 4.65 Å². The van der Waals surface area contributed by atoms with E-state index in [0.717, 1.165) is 11.2 Å². The molecule has 18 heavy (non-hydrogen) atoms. The maximum atomic E-state index is 10.0. The van der Waals surface area contributed by atoms with Crippen LogP contribution in [0.3, 0.4) is 0 Å². The van der Waals surface area contributed by atoms with E-state index in [1.807, 2.05) is 13.8 Å². The van der Waals surface area contributed by atoms with Gasteiger partial charge in [0.1, 0.15) is 0 Å². The maximum absolute atomic E-state index is 10.0. The van der Waals surface area contributed by atoms with Crippen molar-refractivity contribution in [2.24, 2.45) is 5.92 Å². The van der Waals surface area contributed by atoms with Gasteiger partial charge in [0.2, 0.25) is 0 Å². The highest BCUT2D eigenvalue weighted by Gasteiger charge is 2.35. The third-order valence-electron chi connectivity index (χ3n) is 3.23. The minimum atomic E-state index is -0.873. The average molecular weight is 267 g/mol. The van der Waals surface area contributed by atoms with E-state index >= 15 is 0 Å². The van der Waals surface area contributed by atoms with Crippen LogP contribution in [0.25, 0.3) is 0 Å². The molecule has 2 nitrogen and oxygen atoms in total. The molecule has 0 bridgehead atoms. The number of rotatable bonds is 6. The predicted molar refractivity (Wildman–Crippen MR) is 79.7 cm³/mol. The van der Waals surface area contributed by atoms with Crippen LogP contribution < -0.4 is 4.78 Å². The van der Waals surface area contributed by atoms with E-state index in [2.05, 4.69) is 26.0 Å². The molecular weight excluding hydrogens is 243 g/mol. The Kier molecular flexibility index (Phi) is 5.04. The lowest BCUT2D eigenvalue weighted by molar-refractivity contribution is -0.0892. The fourth-order valence-electron chi connectivity index (χ4n) is 1.32. The molecule has 0 spiro atoms. The number of hydrogen-bond donors (Lipinski definition) is 1. The molecule has 1 N–H and O–H groups in total. The normalized spacial score (nSPS) is 13.1. The summed E-state index contributed by atoms with van der Waals surface area (Å²) in [4.78, 5) is 1.38. The summed E-state index contributed by atoms with van der Waals surface area (Å²) < 4.78 is 6.83. The lowest BCUT2D eigenvalue weighted by Gasteiger charge is -2.37. The first-order chi connectivity index (χ1) is 8.12. The lowest BCUT2D eigenvalue weighted by Crippen LogP contribution is -2.49. The summed E-state index contributed by atoms with van der Waals surface area (Å²) in [5.41, 5.74) is -1.48. The Balaban J connectivity index is 2.56. The van der Waals surface area contributed by atoms with Crippen molar-refractivity contribution < 1.29 is 9.76 Å². The summed E-state index contributed by atoms with van der Waals surface area (Å²) >= 11 is 1.75. The zero-order valence-corrected chi connectivity index (χ0v) is 13.1. The van der Waals surface area contributed by atoms with Gasteiger partial charge in [0.15, 0.2) is 0 Å². The summed E-state index contributed by atoms with van der Waals surface area (Å²) in [6, 6.07) is 4.22. The van der Waals surface area contributed by atoms with Crippen LogP contribution in [0, 0.1) is 5.92 Å². The molecule has 0 aromatic carbocycles. The highest BCUT2D eigenvalue weighted by atomic mass is 32.1. The SMILES string of the molecule is CC(C)Cc1ccc([B]OC(C)(C)C(C)(C)O)s1. The first-order valence-corrected chi connectivity index (χ1v) is 7.25. The van der Waals surface area contributed by atoms with Crippen LogP contribution >= 0.6 is 11.3 Å². The van der Waals surface area contributed by atoms with Gasteiger partial charge < -0.3 is 9.76 Å². The highest BCUT2D eigenvalue weighted by molar-refractivity contribution is 7.21. The topological polar surface area (TPSA) is 29.5 Å².